The maximum atomic E-state index is 13.1. The largest absolute Gasteiger partial charge is 0.354 e. The number of nitrogens with zero attached hydrogens (tertiary/aromatic N) is 1. The molecule has 0 atom stereocenters. The van der Waals surface area contributed by atoms with Gasteiger partial charge in [0.15, 0.2) is 0 Å². The van der Waals surface area contributed by atoms with E-state index < -0.39 is 0 Å². The summed E-state index contributed by atoms with van der Waals surface area (Å²) >= 11 is 0. The Kier molecular flexibility index (Phi) is 3.92. The van der Waals surface area contributed by atoms with E-state index in [1.54, 1.807) is 4.57 Å². The van der Waals surface area contributed by atoms with Crippen LogP contribution in [0.25, 0.3) is 33.1 Å². The summed E-state index contributed by atoms with van der Waals surface area (Å²) in [6, 6.07) is 18.4. The molecule has 2 heterocycles. The Morgan fingerprint density at radius 2 is 1.72 bits per heavy atom. The second-order valence-electron chi connectivity index (χ2n) is 6.58. The summed E-state index contributed by atoms with van der Waals surface area (Å²) < 4.78 is 1.77. The Morgan fingerprint density at radius 3 is 2.48 bits per heavy atom. The second kappa shape index (κ2) is 6.25. The molecule has 2 aromatic heterocycles. The Balaban J connectivity index is 2.14. The predicted octanol–water partition coefficient (Wildman–Crippen LogP) is 5.03. The first-order valence-electron chi connectivity index (χ1n) is 8.90. The summed E-state index contributed by atoms with van der Waals surface area (Å²) in [4.78, 5) is 16.7. The lowest BCUT2D eigenvalue weighted by Crippen LogP contribution is -2.17. The van der Waals surface area contributed by atoms with Crippen LogP contribution < -0.4 is 5.56 Å². The van der Waals surface area contributed by atoms with Crippen molar-refractivity contribution in [2.75, 3.05) is 0 Å². The smallest absolute Gasteiger partial charge is 0.260 e. The second-order valence-corrected chi connectivity index (χ2v) is 6.58. The summed E-state index contributed by atoms with van der Waals surface area (Å²) in [6.07, 6.45) is 3.09. The summed E-state index contributed by atoms with van der Waals surface area (Å²) in [7, 11) is 1.86. The number of unbranched alkanes of at least 4 members (excludes halogenated alkanes) is 1. The van der Waals surface area contributed by atoms with E-state index in [1.807, 2.05) is 43.4 Å². The highest BCUT2D eigenvalue weighted by Gasteiger charge is 2.19. The predicted molar refractivity (Wildman–Crippen MR) is 105 cm³/mol. The van der Waals surface area contributed by atoms with Crippen LogP contribution in [0, 0.1) is 0 Å². The minimum Gasteiger partial charge on any atom is -0.354 e. The third-order valence-corrected chi connectivity index (χ3v) is 5.00. The van der Waals surface area contributed by atoms with Crippen LogP contribution in [-0.2, 0) is 13.5 Å². The van der Waals surface area contributed by atoms with Crippen molar-refractivity contribution < 1.29 is 0 Å². The van der Waals surface area contributed by atoms with Gasteiger partial charge < -0.3 is 9.55 Å². The van der Waals surface area contributed by atoms with Crippen LogP contribution in [-0.4, -0.2) is 9.55 Å². The van der Waals surface area contributed by atoms with Gasteiger partial charge in [-0.3, -0.25) is 4.79 Å². The van der Waals surface area contributed by atoms with E-state index >= 15 is 0 Å². The molecule has 0 aliphatic carbocycles. The number of rotatable bonds is 4. The maximum absolute atomic E-state index is 13.1. The molecule has 1 N–H and O–H groups in total. The molecule has 4 rings (SSSR count). The molecule has 0 radical (unpaired) electrons. The molecule has 0 bridgehead atoms. The summed E-state index contributed by atoms with van der Waals surface area (Å²) in [5.41, 5.74) is 5.37. The average Bonchev–Trinajstić information content (AvgIpc) is 3.05. The Bertz CT molecular complexity index is 1100. The molecular formula is C22H22N2O. The molecular weight excluding hydrogens is 308 g/mol. The van der Waals surface area contributed by atoms with Crippen LogP contribution in [0.5, 0.6) is 0 Å². The van der Waals surface area contributed by atoms with E-state index in [1.165, 1.54) is 0 Å². The third kappa shape index (κ3) is 2.47. The highest BCUT2D eigenvalue weighted by atomic mass is 16.1. The third-order valence-electron chi connectivity index (χ3n) is 5.00. The van der Waals surface area contributed by atoms with Crippen LogP contribution in [0.1, 0.15) is 25.3 Å². The van der Waals surface area contributed by atoms with Crippen LogP contribution in [0.2, 0.25) is 0 Å². The van der Waals surface area contributed by atoms with Gasteiger partial charge in [0.05, 0.1) is 16.4 Å². The SMILES string of the molecule is CCCCc1c(-c2ccccc2)[nH]c2c1c(=O)n(C)c1ccccc21. The Morgan fingerprint density at radius 1 is 1.00 bits per heavy atom. The van der Waals surface area contributed by atoms with Crippen molar-refractivity contribution in [3.63, 3.8) is 0 Å². The number of nitrogens with one attached hydrogen (secondary N) is 1. The Labute approximate surface area is 146 Å². The molecule has 0 amide bonds. The van der Waals surface area contributed by atoms with Crippen LogP contribution in [0.15, 0.2) is 59.4 Å². The fourth-order valence-electron chi connectivity index (χ4n) is 3.69. The number of benzene rings is 2. The first kappa shape index (κ1) is 15.7. The number of fused-ring (bicyclic) bond motifs is 3. The number of para-hydroxylation sites is 1. The molecule has 0 unspecified atom stereocenters. The monoisotopic (exact) mass is 330 g/mol. The topological polar surface area (TPSA) is 37.8 Å². The first-order chi connectivity index (χ1) is 12.2. The average molecular weight is 330 g/mol. The molecule has 3 nitrogen and oxygen atoms in total. The minimum absolute atomic E-state index is 0.0817. The van der Waals surface area contributed by atoms with Crippen LogP contribution >= 0.6 is 0 Å². The quantitative estimate of drug-likeness (QED) is 0.560. The number of H-pyrrole nitrogens is 1. The van der Waals surface area contributed by atoms with E-state index in [2.05, 4.69) is 30.1 Å². The first-order valence-corrected chi connectivity index (χ1v) is 8.90. The van der Waals surface area contributed by atoms with Gasteiger partial charge in [0.1, 0.15) is 0 Å². The molecule has 126 valence electrons. The van der Waals surface area contributed by atoms with Gasteiger partial charge in [-0.2, -0.15) is 0 Å². The van der Waals surface area contributed by atoms with Gasteiger partial charge in [-0.05, 0) is 30.0 Å². The molecule has 0 fully saturated rings. The standard InChI is InChI=1S/C22H22N2O/c1-3-4-12-17-19-21(23-20(17)15-10-6-5-7-11-15)16-13-8-9-14-18(16)24(2)22(19)25/h5-11,13-14,23H,3-4,12H2,1-2H3. The number of aromatic amines is 1. The number of pyridine rings is 1. The van der Waals surface area contributed by atoms with E-state index in [4.69, 9.17) is 0 Å². The minimum atomic E-state index is 0.0817. The zero-order valence-corrected chi connectivity index (χ0v) is 14.7. The number of hydrogen-bond acceptors (Lipinski definition) is 1. The molecule has 25 heavy (non-hydrogen) atoms. The fraction of sp³-hybridized carbons (Fsp3) is 0.227. The summed E-state index contributed by atoms with van der Waals surface area (Å²) in [5, 5.41) is 1.94. The molecule has 2 aromatic carbocycles. The molecule has 0 saturated heterocycles. The van der Waals surface area contributed by atoms with Crippen molar-refractivity contribution in [3.05, 3.63) is 70.5 Å². The zero-order chi connectivity index (χ0) is 17.4. The number of hydrogen-bond donors (Lipinski definition) is 1. The summed E-state index contributed by atoms with van der Waals surface area (Å²) in [5.74, 6) is 0. The van der Waals surface area contributed by atoms with Gasteiger partial charge in [-0.25, -0.2) is 0 Å². The highest BCUT2D eigenvalue weighted by molar-refractivity contribution is 6.07. The van der Waals surface area contributed by atoms with Crippen LogP contribution in [0.4, 0.5) is 0 Å². The number of aromatic nitrogens is 2. The van der Waals surface area contributed by atoms with Crippen molar-refractivity contribution in [2.24, 2.45) is 7.05 Å². The van der Waals surface area contributed by atoms with E-state index in [0.717, 1.165) is 57.9 Å². The van der Waals surface area contributed by atoms with Gasteiger partial charge in [0.2, 0.25) is 0 Å². The lowest BCUT2D eigenvalue weighted by atomic mass is 10.0. The van der Waals surface area contributed by atoms with E-state index in [-0.39, 0.29) is 5.56 Å². The van der Waals surface area contributed by atoms with Gasteiger partial charge in [-0.15, -0.1) is 0 Å². The maximum Gasteiger partial charge on any atom is 0.260 e. The zero-order valence-electron chi connectivity index (χ0n) is 14.7. The molecule has 3 heteroatoms. The van der Waals surface area contributed by atoms with Crippen molar-refractivity contribution in [3.8, 4) is 11.3 Å². The number of aryl methyl sites for hydroxylation is 2. The molecule has 0 aliphatic heterocycles. The van der Waals surface area contributed by atoms with Crippen LogP contribution in [0.3, 0.4) is 0 Å². The fourth-order valence-corrected chi connectivity index (χ4v) is 3.69. The summed E-state index contributed by atoms with van der Waals surface area (Å²) in [6.45, 7) is 2.19. The molecule has 0 spiro atoms. The molecule has 0 aliphatic rings. The van der Waals surface area contributed by atoms with Crippen molar-refractivity contribution in [2.45, 2.75) is 26.2 Å². The highest BCUT2D eigenvalue weighted by Crippen LogP contribution is 2.33. The van der Waals surface area contributed by atoms with E-state index in [0.29, 0.717) is 0 Å². The van der Waals surface area contributed by atoms with Gasteiger partial charge in [0.25, 0.3) is 5.56 Å². The van der Waals surface area contributed by atoms with Gasteiger partial charge in [-0.1, -0.05) is 61.9 Å². The normalized spacial score (nSPS) is 11.4. The van der Waals surface area contributed by atoms with Crippen molar-refractivity contribution in [1.29, 1.82) is 0 Å². The molecule has 0 saturated carbocycles. The van der Waals surface area contributed by atoms with Crippen molar-refractivity contribution >= 4 is 21.8 Å². The lowest BCUT2D eigenvalue weighted by molar-refractivity contribution is 0.798. The Hall–Kier alpha value is -2.81. The van der Waals surface area contributed by atoms with Gasteiger partial charge in [0, 0.05) is 18.1 Å². The molecule has 4 aromatic rings. The van der Waals surface area contributed by atoms with E-state index in [9.17, 15) is 4.79 Å². The van der Waals surface area contributed by atoms with Crippen molar-refractivity contribution in [1.82, 2.24) is 9.55 Å². The van der Waals surface area contributed by atoms with Gasteiger partial charge >= 0.3 is 0 Å². The lowest BCUT2D eigenvalue weighted by Gasteiger charge is -2.07.